The zero-order valence-electron chi connectivity index (χ0n) is 14.5. The van der Waals surface area contributed by atoms with Crippen molar-refractivity contribution in [1.29, 1.82) is 0 Å². The monoisotopic (exact) mass is 383 g/mol. The number of nitro benzene ring substituents is 2. The minimum atomic E-state index is -1.01. The zero-order chi connectivity index (χ0) is 20.4. The molecule has 0 aliphatic carbocycles. The molecular formula is C17H13N5O6. The number of hydrogen-bond donors (Lipinski definition) is 1. The summed E-state index contributed by atoms with van der Waals surface area (Å²) in [6, 6.07) is 9.47. The number of fused-ring (bicyclic) bond motifs is 1. The molecule has 0 unspecified atom stereocenters. The number of para-hydroxylation sites is 1. The molecule has 2 aromatic carbocycles. The standard InChI is InChI=1S/C17H13N5O6/c1-2-20-14-6-4-3-5-13(14)15(17(20)24)18-19-16(23)10-7-11(21(25)26)9-12(8-10)22(27)28/h3-9,24H,2H2,1H3. The highest BCUT2D eigenvalue weighted by atomic mass is 16.6. The number of carbonyl (C=O) groups is 1. The summed E-state index contributed by atoms with van der Waals surface area (Å²) in [6.07, 6.45) is 0. The molecule has 3 aromatic rings. The van der Waals surface area contributed by atoms with E-state index >= 15 is 0 Å². The van der Waals surface area contributed by atoms with Gasteiger partial charge in [-0.05, 0) is 13.0 Å². The lowest BCUT2D eigenvalue weighted by molar-refractivity contribution is -0.394. The molecule has 11 heteroatoms. The van der Waals surface area contributed by atoms with Crippen LogP contribution >= 0.6 is 0 Å². The molecule has 11 nitrogen and oxygen atoms in total. The first-order chi connectivity index (χ1) is 13.3. The molecule has 1 aromatic heterocycles. The Hall–Kier alpha value is -4.15. The fourth-order valence-electron chi connectivity index (χ4n) is 2.77. The minimum absolute atomic E-state index is 0.0609. The molecule has 0 saturated heterocycles. The highest BCUT2D eigenvalue weighted by Crippen LogP contribution is 2.38. The van der Waals surface area contributed by atoms with Gasteiger partial charge in [0.15, 0.2) is 5.69 Å². The average Bonchev–Trinajstić information content (AvgIpc) is 2.96. The summed E-state index contributed by atoms with van der Waals surface area (Å²) in [5, 5.41) is 40.1. The Kier molecular flexibility index (Phi) is 4.81. The SMILES string of the molecule is CCn1c(O)c(N=NC(=O)c2cc([N+](=O)[O-])cc([N+](=O)[O-])c2)c2ccccc21. The number of amides is 1. The fraction of sp³-hybridized carbons (Fsp3) is 0.118. The second kappa shape index (κ2) is 7.23. The van der Waals surface area contributed by atoms with Gasteiger partial charge in [0.25, 0.3) is 17.3 Å². The highest BCUT2D eigenvalue weighted by molar-refractivity contribution is 5.98. The van der Waals surface area contributed by atoms with Crippen molar-refractivity contribution in [1.82, 2.24) is 4.57 Å². The van der Waals surface area contributed by atoms with Crippen LogP contribution in [0.25, 0.3) is 10.9 Å². The van der Waals surface area contributed by atoms with Crippen molar-refractivity contribution in [2.45, 2.75) is 13.5 Å². The Morgan fingerprint density at radius 3 is 2.29 bits per heavy atom. The van der Waals surface area contributed by atoms with Crippen molar-refractivity contribution in [3.05, 3.63) is 68.3 Å². The number of azo groups is 1. The van der Waals surface area contributed by atoms with E-state index in [2.05, 4.69) is 10.2 Å². The maximum Gasteiger partial charge on any atom is 0.295 e. The van der Waals surface area contributed by atoms with E-state index in [1.165, 1.54) is 0 Å². The second-order valence-corrected chi connectivity index (χ2v) is 5.69. The molecular weight excluding hydrogens is 370 g/mol. The summed E-state index contributed by atoms with van der Waals surface area (Å²) < 4.78 is 1.58. The molecule has 0 atom stereocenters. The number of aromatic nitrogens is 1. The summed E-state index contributed by atoms with van der Waals surface area (Å²) in [4.78, 5) is 32.5. The molecule has 1 N–H and O–H groups in total. The first kappa shape index (κ1) is 18.6. The molecule has 0 bridgehead atoms. The van der Waals surface area contributed by atoms with Crippen molar-refractivity contribution in [2.75, 3.05) is 0 Å². The highest BCUT2D eigenvalue weighted by Gasteiger charge is 2.20. The van der Waals surface area contributed by atoms with Gasteiger partial charge in [-0.1, -0.05) is 18.2 Å². The van der Waals surface area contributed by atoms with Gasteiger partial charge in [-0.3, -0.25) is 25.0 Å². The summed E-state index contributed by atoms with van der Waals surface area (Å²) in [5.41, 5.74) is -0.833. The number of benzene rings is 2. The van der Waals surface area contributed by atoms with Crippen LogP contribution in [0.15, 0.2) is 52.7 Å². The fourth-order valence-corrected chi connectivity index (χ4v) is 2.77. The van der Waals surface area contributed by atoms with Gasteiger partial charge in [-0.15, -0.1) is 10.2 Å². The number of rotatable bonds is 5. The largest absolute Gasteiger partial charge is 0.493 e. The van der Waals surface area contributed by atoms with Gasteiger partial charge in [-0.2, -0.15) is 0 Å². The molecule has 0 aliphatic heterocycles. The molecule has 142 valence electrons. The third kappa shape index (κ3) is 3.28. The van der Waals surface area contributed by atoms with E-state index < -0.39 is 27.1 Å². The molecule has 28 heavy (non-hydrogen) atoms. The number of non-ortho nitro benzene ring substituents is 2. The van der Waals surface area contributed by atoms with Gasteiger partial charge < -0.3 is 9.67 Å². The Balaban J connectivity index is 2.04. The number of nitrogens with zero attached hydrogens (tertiary/aromatic N) is 5. The van der Waals surface area contributed by atoms with Crippen LogP contribution in [-0.2, 0) is 6.54 Å². The molecule has 0 fully saturated rings. The van der Waals surface area contributed by atoms with E-state index in [0.717, 1.165) is 18.2 Å². The normalized spacial score (nSPS) is 11.2. The third-order valence-electron chi connectivity index (χ3n) is 4.05. The van der Waals surface area contributed by atoms with Crippen LogP contribution in [0.3, 0.4) is 0 Å². The molecule has 1 amide bonds. The van der Waals surface area contributed by atoms with Gasteiger partial charge in [-0.25, -0.2) is 0 Å². The lowest BCUT2D eigenvalue weighted by Crippen LogP contribution is -1.99. The average molecular weight is 383 g/mol. The number of hydrogen-bond acceptors (Lipinski definition) is 7. The van der Waals surface area contributed by atoms with Crippen LogP contribution in [0.2, 0.25) is 0 Å². The van der Waals surface area contributed by atoms with Crippen LogP contribution < -0.4 is 0 Å². The van der Waals surface area contributed by atoms with E-state index in [4.69, 9.17) is 0 Å². The smallest absolute Gasteiger partial charge is 0.295 e. The van der Waals surface area contributed by atoms with Crippen LogP contribution in [0.1, 0.15) is 17.3 Å². The maximum atomic E-state index is 12.3. The first-order valence-corrected chi connectivity index (χ1v) is 8.03. The first-order valence-electron chi connectivity index (χ1n) is 8.03. The Morgan fingerprint density at radius 1 is 1.11 bits per heavy atom. The van der Waals surface area contributed by atoms with Crippen LogP contribution in [-0.4, -0.2) is 25.4 Å². The quantitative estimate of drug-likeness (QED) is 0.397. The van der Waals surface area contributed by atoms with E-state index in [0.29, 0.717) is 17.4 Å². The van der Waals surface area contributed by atoms with Crippen LogP contribution in [0, 0.1) is 20.2 Å². The van der Waals surface area contributed by atoms with Gasteiger partial charge >= 0.3 is 0 Å². The number of aromatic hydroxyl groups is 1. The summed E-state index contributed by atoms with van der Waals surface area (Å²) in [6.45, 7) is 2.27. The number of aryl methyl sites for hydroxylation is 1. The lowest BCUT2D eigenvalue weighted by atomic mass is 10.1. The summed E-state index contributed by atoms with van der Waals surface area (Å²) in [5.74, 6) is -1.20. The van der Waals surface area contributed by atoms with Crippen LogP contribution in [0.5, 0.6) is 5.88 Å². The number of nitro groups is 2. The van der Waals surface area contributed by atoms with Crippen molar-refractivity contribution >= 4 is 33.9 Å². The van der Waals surface area contributed by atoms with Crippen molar-refractivity contribution in [2.24, 2.45) is 10.2 Å². The summed E-state index contributed by atoms with van der Waals surface area (Å²) in [7, 11) is 0. The van der Waals surface area contributed by atoms with Gasteiger partial charge in [0.05, 0.1) is 27.0 Å². The molecule has 0 radical (unpaired) electrons. The molecule has 0 saturated carbocycles. The number of carbonyl (C=O) groups excluding carboxylic acids is 1. The van der Waals surface area contributed by atoms with Gasteiger partial charge in [0.2, 0.25) is 5.88 Å². The predicted molar refractivity (Wildman–Crippen MR) is 97.9 cm³/mol. The molecule has 1 heterocycles. The Morgan fingerprint density at radius 2 is 1.71 bits per heavy atom. The second-order valence-electron chi connectivity index (χ2n) is 5.69. The van der Waals surface area contributed by atoms with Crippen molar-refractivity contribution in [3.63, 3.8) is 0 Å². The van der Waals surface area contributed by atoms with Crippen molar-refractivity contribution in [3.8, 4) is 5.88 Å². The van der Waals surface area contributed by atoms with E-state index in [1.54, 1.807) is 28.8 Å². The third-order valence-corrected chi connectivity index (χ3v) is 4.05. The van der Waals surface area contributed by atoms with Gasteiger partial charge in [0, 0.05) is 24.1 Å². The Labute approximate surface area is 156 Å². The lowest BCUT2D eigenvalue weighted by Gasteiger charge is -2.00. The summed E-state index contributed by atoms with van der Waals surface area (Å²) >= 11 is 0. The predicted octanol–water partition coefficient (Wildman–Crippen LogP) is 4.11. The maximum absolute atomic E-state index is 12.3. The zero-order valence-corrected chi connectivity index (χ0v) is 14.5. The molecule has 3 rings (SSSR count). The van der Waals surface area contributed by atoms with E-state index in [-0.39, 0.29) is 17.1 Å². The van der Waals surface area contributed by atoms with E-state index in [9.17, 15) is 30.1 Å². The molecule has 0 spiro atoms. The van der Waals surface area contributed by atoms with E-state index in [1.807, 2.05) is 6.92 Å². The minimum Gasteiger partial charge on any atom is -0.493 e. The molecule has 0 aliphatic rings. The van der Waals surface area contributed by atoms with Gasteiger partial charge in [0.1, 0.15) is 0 Å². The Bertz CT molecular complexity index is 1120. The van der Waals surface area contributed by atoms with Crippen molar-refractivity contribution < 1.29 is 19.7 Å². The van der Waals surface area contributed by atoms with Crippen LogP contribution in [0.4, 0.5) is 17.1 Å². The topological polar surface area (TPSA) is 153 Å².